The van der Waals surface area contributed by atoms with E-state index in [-0.39, 0.29) is 11.8 Å². The lowest BCUT2D eigenvalue weighted by molar-refractivity contribution is -0.116. The molecule has 4 nitrogen and oxygen atoms in total. The molecule has 94 valence electrons. The van der Waals surface area contributed by atoms with E-state index >= 15 is 0 Å². The van der Waals surface area contributed by atoms with Crippen molar-refractivity contribution in [3.63, 3.8) is 0 Å². The highest BCUT2D eigenvalue weighted by Gasteiger charge is 2.11. The summed E-state index contributed by atoms with van der Waals surface area (Å²) in [6.07, 6.45) is 0.381. The highest BCUT2D eigenvalue weighted by atomic mass is 35.5. The SMILES string of the molecule is COc1ccc(Cl)cc1NC(=O)CC(C)CN. The lowest BCUT2D eigenvalue weighted by atomic mass is 10.1. The molecule has 0 aliphatic rings. The lowest BCUT2D eigenvalue weighted by Crippen LogP contribution is -2.20. The molecule has 1 aromatic rings. The summed E-state index contributed by atoms with van der Waals surface area (Å²) >= 11 is 5.86. The van der Waals surface area contributed by atoms with Crippen molar-refractivity contribution in [2.24, 2.45) is 11.7 Å². The molecule has 0 aromatic heterocycles. The predicted octanol–water partition coefficient (Wildman–Crippen LogP) is 2.27. The molecule has 1 amide bonds. The van der Waals surface area contributed by atoms with Gasteiger partial charge in [0.05, 0.1) is 12.8 Å². The number of rotatable bonds is 5. The fourth-order valence-electron chi connectivity index (χ4n) is 1.38. The fourth-order valence-corrected chi connectivity index (χ4v) is 1.55. The number of methoxy groups -OCH3 is 1. The molecule has 1 rings (SSSR count). The van der Waals surface area contributed by atoms with Gasteiger partial charge in [0.2, 0.25) is 5.91 Å². The molecule has 5 heteroatoms. The minimum atomic E-state index is -0.0940. The molecule has 0 bridgehead atoms. The van der Waals surface area contributed by atoms with E-state index in [1.807, 2.05) is 6.92 Å². The van der Waals surface area contributed by atoms with Crippen molar-refractivity contribution in [3.05, 3.63) is 23.2 Å². The van der Waals surface area contributed by atoms with E-state index in [9.17, 15) is 4.79 Å². The number of nitrogens with two attached hydrogens (primary N) is 1. The molecule has 0 fully saturated rings. The topological polar surface area (TPSA) is 64.3 Å². The van der Waals surface area contributed by atoms with Crippen LogP contribution < -0.4 is 15.8 Å². The third-order valence-corrected chi connectivity index (χ3v) is 2.61. The van der Waals surface area contributed by atoms with E-state index in [4.69, 9.17) is 22.1 Å². The van der Waals surface area contributed by atoms with Crippen molar-refractivity contribution in [1.29, 1.82) is 0 Å². The molecule has 0 heterocycles. The molecular formula is C12H17ClN2O2. The van der Waals surface area contributed by atoms with Gasteiger partial charge in [-0.25, -0.2) is 0 Å². The van der Waals surface area contributed by atoms with E-state index < -0.39 is 0 Å². The van der Waals surface area contributed by atoms with Crippen LogP contribution in [0.15, 0.2) is 18.2 Å². The van der Waals surface area contributed by atoms with Crippen molar-refractivity contribution in [2.45, 2.75) is 13.3 Å². The van der Waals surface area contributed by atoms with Crippen LogP contribution in [0.25, 0.3) is 0 Å². The zero-order chi connectivity index (χ0) is 12.8. The molecule has 0 radical (unpaired) electrons. The Kier molecular flexibility index (Phi) is 5.25. The van der Waals surface area contributed by atoms with Crippen LogP contribution in [-0.2, 0) is 4.79 Å². The maximum atomic E-state index is 11.7. The van der Waals surface area contributed by atoms with E-state index in [2.05, 4.69) is 5.32 Å². The molecule has 1 atom stereocenters. The van der Waals surface area contributed by atoms with Crippen molar-refractivity contribution in [2.75, 3.05) is 19.0 Å². The summed E-state index contributed by atoms with van der Waals surface area (Å²) in [7, 11) is 1.54. The Bertz CT molecular complexity index is 396. The molecule has 1 unspecified atom stereocenters. The first kappa shape index (κ1) is 13.8. The molecule has 0 aliphatic heterocycles. The summed E-state index contributed by atoms with van der Waals surface area (Å²) in [5.41, 5.74) is 6.05. The van der Waals surface area contributed by atoms with Gasteiger partial charge in [-0.3, -0.25) is 4.79 Å². The third kappa shape index (κ3) is 4.24. The maximum Gasteiger partial charge on any atom is 0.224 e. The maximum absolute atomic E-state index is 11.7. The van der Waals surface area contributed by atoms with E-state index in [1.165, 1.54) is 0 Å². The molecule has 17 heavy (non-hydrogen) atoms. The quantitative estimate of drug-likeness (QED) is 0.849. The number of anilines is 1. The summed E-state index contributed by atoms with van der Waals surface area (Å²) in [5, 5.41) is 3.31. The molecular weight excluding hydrogens is 240 g/mol. The van der Waals surface area contributed by atoms with Crippen molar-refractivity contribution < 1.29 is 9.53 Å². The second-order valence-electron chi connectivity index (χ2n) is 3.94. The number of ether oxygens (including phenoxy) is 1. The average molecular weight is 257 g/mol. The largest absolute Gasteiger partial charge is 0.495 e. The molecule has 0 saturated carbocycles. The lowest BCUT2D eigenvalue weighted by Gasteiger charge is -2.12. The average Bonchev–Trinajstić information content (AvgIpc) is 2.29. The van der Waals surface area contributed by atoms with Crippen LogP contribution in [0.4, 0.5) is 5.69 Å². The minimum Gasteiger partial charge on any atom is -0.495 e. The summed E-state index contributed by atoms with van der Waals surface area (Å²) in [4.78, 5) is 11.7. The van der Waals surface area contributed by atoms with Gasteiger partial charge in [-0.2, -0.15) is 0 Å². The standard InChI is InChI=1S/C12H17ClN2O2/c1-8(7-14)5-12(16)15-10-6-9(13)3-4-11(10)17-2/h3-4,6,8H,5,7,14H2,1-2H3,(H,15,16). The zero-order valence-electron chi connectivity index (χ0n) is 10.00. The van der Waals surface area contributed by atoms with Gasteiger partial charge >= 0.3 is 0 Å². The van der Waals surface area contributed by atoms with Crippen LogP contribution in [-0.4, -0.2) is 19.6 Å². The number of benzene rings is 1. The Labute approximate surface area is 106 Å². The van der Waals surface area contributed by atoms with Crippen LogP contribution >= 0.6 is 11.6 Å². The number of hydrogen-bond donors (Lipinski definition) is 2. The third-order valence-electron chi connectivity index (χ3n) is 2.37. The second-order valence-corrected chi connectivity index (χ2v) is 4.37. The number of carbonyl (C=O) groups excluding carboxylic acids is 1. The van der Waals surface area contributed by atoms with Crippen LogP contribution in [0, 0.1) is 5.92 Å². The Hall–Kier alpha value is -1.26. The van der Waals surface area contributed by atoms with Crippen LogP contribution in [0.3, 0.4) is 0 Å². The molecule has 0 saturated heterocycles. The summed E-state index contributed by atoms with van der Waals surface area (Å²) in [6.45, 7) is 2.41. The zero-order valence-corrected chi connectivity index (χ0v) is 10.8. The number of hydrogen-bond acceptors (Lipinski definition) is 3. The Morgan fingerprint density at radius 2 is 2.29 bits per heavy atom. The Balaban J connectivity index is 2.73. The van der Waals surface area contributed by atoms with Gasteiger partial charge in [0.25, 0.3) is 0 Å². The van der Waals surface area contributed by atoms with Crippen LogP contribution in [0.1, 0.15) is 13.3 Å². The summed E-state index contributed by atoms with van der Waals surface area (Å²) in [5.74, 6) is 0.645. The predicted molar refractivity (Wildman–Crippen MR) is 69.5 cm³/mol. The van der Waals surface area contributed by atoms with Crippen LogP contribution in [0.2, 0.25) is 5.02 Å². The summed E-state index contributed by atoms with van der Waals surface area (Å²) in [6, 6.07) is 5.08. The van der Waals surface area contributed by atoms with Gasteiger partial charge in [0, 0.05) is 11.4 Å². The number of carbonyl (C=O) groups is 1. The highest BCUT2D eigenvalue weighted by Crippen LogP contribution is 2.27. The van der Waals surface area contributed by atoms with Gasteiger partial charge in [0.15, 0.2) is 0 Å². The normalized spacial score (nSPS) is 12.0. The number of amides is 1. The summed E-state index contributed by atoms with van der Waals surface area (Å²) < 4.78 is 5.13. The number of nitrogens with one attached hydrogen (secondary N) is 1. The van der Waals surface area contributed by atoms with Gasteiger partial charge in [-0.05, 0) is 30.7 Å². The number of halogens is 1. The van der Waals surface area contributed by atoms with Crippen molar-refractivity contribution >= 4 is 23.2 Å². The van der Waals surface area contributed by atoms with Gasteiger partial charge in [0.1, 0.15) is 5.75 Å². The van der Waals surface area contributed by atoms with Crippen molar-refractivity contribution in [3.8, 4) is 5.75 Å². The minimum absolute atomic E-state index is 0.0940. The smallest absolute Gasteiger partial charge is 0.224 e. The van der Waals surface area contributed by atoms with Gasteiger partial charge in [-0.1, -0.05) is 18.5 Å². The molecule has 0 aliphatic carbocycles. The molecule has 3 N–H and O–H groups in total. The monoisotopic (exact) mass is 256 g/mol. The van der Waals surface area contributed by atoms with E-state index in [0.717, 1.165) is 0 Å². The second kappa shape index (κ2) is 6.47. The van der Waals surface area contributed by atoms with Crippen molar-refractivity contribution in [1.82, 2.24) is 0 Å². The van der Waals surface area contributed by atoms with Gasteiger partial charge in [-0.15, -0.1) is 0 Å². The highest BCUT2D eigenvalue weighted by molar-refractivity contribution is 6.31. The molecule has 0 spiro atoms. The van der Waals surface area contributed by atoms with E-state index in [1.54, 1.807) is 25.3 Å². The van der Waals surface area contributed by atoms with E-state index in [0.29, 0.717) is 29.4 Å². The first-order valence-corrected chi connectivity index (χ1v) is 5.78. The Morgan fingerprint density at radius 3 is 2.88 bits per heavy atom. The first-order chi connectivity index (χ1) is 8.06. The molecule has 1 aromatic carbocycles. The Morgan fingerprint density at radius 1 is 1.59 bits per heavy atom. The van der Waals surface area contributed by atoms with Gasteiger partial charge < -0.3 is 15.8 Å². The first-order valence-electron chi connectivity index (χ1n) is 5.40. The fraction of sp³-hybridized carbons (Fsp3) is 0.417. The van der Waals surface area contributed by atoms with Crippen LogP contribution in [0.5, 0.6) is 5.75 Å².